The Morgan fingerprint density at radius 1 is 1.32 bits per heavy atom. The van der Waals surface area contributed by atoms with Crippen LogP contribution in [-0.2, 0) is 10.2 Å². The second kappa shape index (κ2) is 4.80. The van der Waals surface area contributed by atoms with Crippen molar-refractivity contribution in [3.8, 4) is 5.75 Å². The molecule has 1 unspecified atom stereocenters. The molecule has 3 heteroatoms. The summed E-state index contributed by atoms with van der Waals surface area (Å²) in [6, 6.07) is 4.93. The highest BCUT2D eigenvalue weighted by molar-refractivity contribution is 5.50. The van der Waals surface area contributed by atoms with Crippen LogP contribution >= 0.6 is 0 Å². The first-order chi connectivity index (χ1) is 9.17. The molecule has 3 nitrogen and oxygen atoms in total. The highest BCUT2D eigenvalue weighted by Crippen LogP contribution is 2.45. The number of hydrogen-bond donors (Lipinski definition) is 1. The number of aryl methyl sites for hydroxylation is 2. The number of benzene rings is 1. The highest BCUT2D eigenvalue weighted by Gasteiger charge is 2.50. The average Bonchev–Trinajstić information content (AvgIpc) is 2.83. The normalized spacial score (nSPS) is 25.1. The van der Waals surface area contributed by atoms with E-state index in [1.54, 1.807) is 7.11 Å². The van der Waals surface area contributed by atoms with Gasteiger partial charge in [0, 0.05) is 11.6 Å². The number of ether oxygens (including phenoxy) is 2. The van der Waals surface area contributed by atoms with Gasteiger partial charge in [-0.2, -0.15) is 0 Å². The standard InChI is InChI=1S/C16H23NO2/c1-11-7-12(2)15(13(8-11)18-3)16(9-19-10-16)14-5-4-6-17-14/h7-8,14,17H,4-6,9-10H2,1-3H3. The minimum Gasteiger partial charge on any atom is -0.496 e. The van der Waals surface area contributed by atoms with Crippen LogP contribution in [0.1, 0.15) is 29.5 Å². The minimum absolute atomic E-state index is 0.111. The lowest BCUT2D eigenvalue weighted by Crippen LogP contribution is -2.58. The second-order valence-electron chi connectivity index (χ2n) is 5.96. The first-order valence-electron chi connectivity index (χ1n) is 7.14. The lowest BCUT2D eigenvalue weighted by Gasteiger charge is -2.47. The topological polar surface area (TPSA) is 30.5 Å². The first kappa shape index (κ1) is 12.9. The SMILES string of the molecule is COc1cc(C)cc(C)c1C1(C2CCCN2)COC1. The Hall–Kier alpha value is -1.06. The van der Waals surface area contributed by atoms with Crippen LogP contribution in [0.25, 0.3) is 0 Å². The maximum atomic E-state index is 5.67. The molecular weight excluding hydrogens is 238 g/mol. The van der Waals surface area contributed by atoms with Crippen molar-refractivity contribution in [1.29, 1.82) is 0 Å². The van der Waals surface area contributed by atoms with Crippen LogP contribution in [0, 0.1) is 13.8 Å². The van der Waals surface area contributed by atoms with Gasteiger partial charge in [0.1, 0.15) is 5.75 Å². The molecule has 2 heterocycles. The van der Waals surface area contributed by atoms with Gasteiger partial charge in [0.05, 0.1) is 25.7 Å². The van der Waals surface area contributed by atoms with E-state index in [0.717, 1.165) is 25.5 Å². The van der Waals surface area contributed by atoms with Crippen molar-refractivity contribution in [1.82, 2.24) is 5.32 Å². The summed E-state index contributed by atoms with van der Waals surface area (Å²) in [6.45, 7) is 7.06. The maximum absolute atomic E-state index is 5.67. The lowest BCUT2D eigenvalue weighted by molar-refractivity contribution is -0.0772. The van der Waals surface area contributed by atoms with E-state index in [0.29, 0.717) is 6.04 Å². The Bertz CT molecular complexity index is 474. The molecule has 2 saturated heterocycles. The molecule has 0 amide bonds. The van der Waals surface area contributed by atoms with Gasteiger partial charge >= 0.3 is 0 Å². The van der Waals surface area contributed by atoms with Gasteiger partial charge < -0.3 is 14.8 Å². The second-order valence-corrected chi connectivity index (χ2v) is 5.96. The van der Waals surface area contributed by atoms with Crippen LogP contribution in [0.3, 0.4) is 0 Å². The summed E-state index contributed by atoms with van der Waals surface area (Å²) in [5.41, 5.74) is 4.05. The van der Waals surface area contributed by atoms with Gasteiger partial charge in [0.15, 0.2) is 0 Å². The Balaban J connectivity index is 2.08. The number of rotatable bonds is 3. The summed E-state index contributed by atoms with van der Waals surface area (Å²) in [4.78, 5) is 0. The summed E-state index contributed by atoms with van der Waals surface area (Å²) in [5, 5.41) is 3.66. The molecule has 2 aliphatic rings. The molecule has 1 atom stereocenters. The largest absolute Gasteiger partial charge is 0.496 e. The average molecular weight is 261 g/mol. The predicted octanol–water partition coefficient (Wildman–Crippen LogP) is 2.33. The number of hydrogen-bond acceptors (Lipinski definition) is 3. The van der Waals surface area contributed by atoms with E-state index >= 15 is 0 Å². The summed E-state index contributed by atoms with van der Waals surface area (Å²) in [7, 11) is 1.77. The van der Waals surface area contributed by atoms with Crippen molar-refractivity contribution in [2.45, 2.75) is 38.1 Å². The van der Waals surface area contributed by atoms with Gasteiger partial charge in [-0.25, -0.2) is 0 Å². The fraction of sp³-hybridized carbons (Fsp3) is 0.625. The Morgan fingerprint density at radius 3 is 2.63 bits per heavy atom. The summed E-state index contributed by atoms with van der Waals surface area (Å²) in [5.74, 6) is 1.02. The number of nitrogens with one attached hydrogen (secondary N) is 1. The van der Waals surface area contributed by atoms with Crippen molar-refractivity contribution >= 4 is 0 Å². The maximum Gasteiger partial charge on any atom is 0.123 e. The third kappa shape index (κ3) is 1.96. The molecule has 104 valence electrons. The molecule has 0 saturated carbocycles. The zero-order chi connectivity index (χ0) is 13.5. The quantitative estimate of drug-likeness (QED) is 0.906. The van der Waals surface area contributed by atoms with Crippen LogP contribution in [0.5, 0.6) is 5.75 Å². The molecule has 1 aromatic rings. The predicted molar refractivity (Wildman–Crippen MR) is 76.0 cm³/mol. The van der Waals surface area contributed by atoms with Crippen LogP contribution < -0.4 is 10.1 Å². The number of methoxy groups -OCH3 is 1. The molecule has 2 fully saturated rings. The molecule has 0 radical (unpaired) electrons. The summed E-state index contributed by atoms with van der Waals surface area (Å²) < 4.78 is 11.3. The van der Waals surface area contributed by atoms with Gasteiger partial charge in [0.25, 0.3) is 0 Å². The summed E-state index contributed by atoms with van der Waals surface area (Å²) in [6.07, 6.45) is 2.50. The molecule has 3 rings (SSSR count). The molecule has 2 aliphatic heterocycles. The monoisotopic (exact) mass is 261 g/mol. The van der Waals surface area contributed by atoms with E-state index in [1.807, 2.05) is 0 Å². The van der Waals surface area contributed by atoms with Gasteiger partial charge in [-0.05, 0) is 50.4 Å². The van der Waals surface area contributed by atoms with E-state index < -0.39 is 0 Å². The fourth-order valence-corrected chi connectivity index (χ4v) is 3.73. The minimum atomic E-state index is 0.111. The smallest absolute Gasteiger partial charge is 0.123 e. The first-order valence-corrected chi connectivity index (χ1v) is 7.14. The fourth-order valence-electron chi connectivity index (χ4n) is 3.73. The zero-order valence-electron chi connectivity index (χ0n) is 12.1. The Kier molecular flexibility index (Phi) is 3.27. The van der Waals surface area contributed by atoms with Gasteiger partial charge in [-0.1, -0.05) is 6.07 Å². The van der Waals surface area contributed by atoms with E-state index in [4.69, 9.17) is 9.47 Å². The van der Waals surface area contributed by atoms with Crippen LogP contribution in [-0.4, -0.2) is 32.9 Å². The van der Waals surface area contributed by atoms with Gasteiger partial charge in [0.2, 0.25) is 0 Å². The Labute approximate surface area is 115 Å². The van der Waals surface area contributed by atoms with Crippen LogP contribution in [0.4, 0.5) is 0 Å². The van der Waals surface area contributed by atoms with E-state index in [2.05, 4.69) is 31.3 Å². The highest BCUT2D eigenvalue weighted by atomic mass is 16.5. The molecule has 0 aromatic heterocycles. The molecule has 0 spiro atoms. The third-order valence-corrected chi connectivity index (χ3v) is 4.61. The van der Waals surface area contributed by atoms with Crippen LogP contribution in [0.2, 0.25) is 0 Å². The van der Waals surface area contributed by atoms with Gasteiger partial charge in [-0.15, -0.1) is 0 Å². The van der Waals surface area contributed by atoms with Crippen molar-refractivity contribution in [2.24, 2.45) is 0 Å². The van der Waals surface area contributed by atoms with E-state index in [-0.39, 0.29) is 5.41 Å². The third-order valence-electron chi connectivity index (χ3n) is 4.61. The molecule has 19 heavy (non-hydrogen) atoms. The van der Waals surface area contributed by atoms with Crippen molar-refractivity contribution in [3.05, 3.63) is 28.8 Å². The van der Waals surface area contributed by atoms with Crippen molar-refractivity contribution < 1.29 is 9.47 Å². The van der Waals surface area contributed by atoms with E-state index in [9.17, 15) is 0 Å². The molecule has 1 N–H and O–H groups in total. The van der Waals surface area contributed by atoms with E-state index in [1.165, 1.54) is 29.5 Å². The van der Waals surface area contributed by atoms with Crippen LogP contribution in [0.15, 0.2) is 12.1 Å². The summed E-state index contributed by atoms with van der Waals surface area (Å²) >= 11 is 0. The Morgan fingerprint density at radius 2 is 2.11 bits per heavy atom. The zero-order valence-corrected chi connectivity index (χ0v) is 12.1. The van der Waals surface area contributed by atoms with Gasteiger partial charge in [-0.3, -0.25) is 0 Å². The molecular formula is C16H23NO2. The molecule has 0 bridgehead atoms. The lowest BCUT2D eigenvalue weighted by atomic mass is 9.69. The molecule has 0 aliphatic carbocycles. The van der Waals surface area contributed by atoms with Crippen molar-refractivity contribution in [2.75, 3.05) is 26.9 Å². The molecule has 1 aromatic carbocycles. The van der Waals surface area contributed by atoms with Crippen molar-refractivity contribution in [3.63, 3.8) is 0 Å².